The van der Waals surface area contributed by atoms with E-state index in [1.165, 1.54) is 17.4 Å². The number of halogens is 1. The lowest BCUT2D eigenvalue weighted by Gasteiger charge is -2.34. The van der Waals surface area contributed by atoms with Crippen molar-refractivity contribution in [2.45, 2.75) is 32.1 Å². The van der Waals surface area contributed by atoms with Gasteiger partial charge in [-0.25, -0.2) is 14.4 Å². The third-order valence-corrected chi connectivity index (χ3v) is 9.03. The van der Waals surface area contributed by atoms with Crippen molar-refractivity contribution in [2.75, 3.05) is 44.4 Å². The van der Waals surface area contributed by atoms with E-state index in [0.29, 0.717) is 52.8 Å². The Morgan fingerprint density at radius 1 is 1.30 bits per heavy atom. The van der Waals surface area contributed by atoms with Crippen LogP contribution in [-0.4, -0.2) is 59.3 Å². The molecule has 2 aromatic carbocycles. The molecule has 4 heterocycles. The van der Waals surface area contributed by atoms with E-state index in [2.05, 4.69) is 15.9 Å². The van der Waals surface area contributed by atoms with Crippen molar-refractivity contribution in [3.8, 4) is 17.2 Å². The molecule has 8 nitrogen and oxygen atoms in total. The first-order chi connectivity index (χ1) is 17.8. The highest BCUT2D eigenvalue weighted by atomic mass is 32.1. The fraction of sp³-hybridized carbons (Fsp3) is 0.370. The molecule has 6 rings (SSSR count). The Bertz CT molecular complexity index is 1630. The Morgan fingerprint density at radius 2 is 2.08 bits per heavy atom. The van der Waals surface area contributed by atoms with Gasteiger partial charge in [-0.1, -0.05) is 0 Å². The van der Waals surface area contributed by atoms with Gasteiger partial charge in [0.1, 0.15) is 16.9 Å². The second-order valence-electron chi connectivity index (χ2n) is 10.1. The summed E-state index contributed by atoms with van der Waals surface area (Å²) in [5.41, 5.74) is 10.6. The van der Waals surface area contributed by atoms with Gasteiger partial charge in [0, 0.05) is 40.3 Å². The predicted octanol–water partition coefficient (Wildman–Crippen LogP) is 3.95. The number of thiophene rings is 1. The molecule has 0 amide bonds. The molecule has 1 saturated heterocycles. The molecule has 4 aromatic rings. The van der Waals surface area contributed by atoms with Crippen LogP contribution in [0, 0.1) is 24.1 Å². The quantitative estimate of drug-likeness (QED) is 0.418. The number of aryl methyl sites for hydroxylation is 1. The van der Waals surface area contributed by atoms with Crippen LogP contribution in [0.5, 0.6) is 0 Å². The van der Waals surface area contributed by atoms with E-state index >= 15 is 4.39 Å². The maximum atomic E-state index is 15.6. The van der Waals surface area contributed by atoms with Gasteiger partial charge in [-0.15, -0.1) is 11.3 Å². The number of nitrogen functional groups attached to an aromatic ring is 1. The van der Waals surface area contributed by atoms with Crippen molar-refractivity contribution < 1.29 is 14.2 Å². The van der Waals surface area contributed by atoms with Gasteiger partial charge in [0.2, 0.25) is 5.95 Å². The number of hydrogen-bond donors (Lipinski definition) is 2. The van der Waals surface area contributed by atoms with Gasteiger partial charge in [0.15, 0.2) is 0 Å². The fourth-order valence-corrected chi connectivity index (χ4v) is 6.74. The number of hydrogen-bond acceptors (Lipinski definition) is 9. The van der Waals surface area contributed by atoms with Crippen molar-refractivity contribution in [3.05, 3.63) is 46.4 Å². The van der Waals surface area contributed by atoms with Crippen molar-refractivity contribution in [1.82, 2.24) is 14.9 Å². The molecular weight excluding hydrogens is 491 g/mol. The predicted molar refractivity (Wildman–Crippen MR) is 143 cm³/mol. The molecular formula is C27H27FN6O2S. The van der Waals surface area contributed by atoms with Gasteiger partial charge in [0.05, 0.1) is 36.4 Å². The number of nitrogens with two attached hydrogens (primary N) is 1. The third-order valence-electron chi connectivity index (χ3n) is 8.04. The molecule has 0 saturated carbocycles. The summed E-state index contributed by atoms with van der Waals surface area (Å²) in [4.78, 5) is 13.8. The topological polar surface area (TPSA) is 112 Å². The smallest absolute Gasteiger partial charge is 0.225 e. The Labute approximate surface area is 217 Å². The Morgan fingerprint density at radius 3 is 2.78 bits per heavy atom. The summed E-state index contributed by atoms with van der Waals surface area (Å²) in [5.74, 6) is 0.166. The molecule has 1 unspecified atom stereocenters. The first kappa shape index (κ1) is 24.0. The number of benzene rings is 2. The van der Waals surface area contributed by atoms with Gasteiger partial charge < -0.3 is 20.5 Å². The molecule has 2 aliphatic rings. The highest BCUT2D eigenvalue weighted by molar-refractivity contribution is 7.23. The summed E-state index contributed by atoms with van der Waals surface area (Å²) in [6, 6.07) is 5.29. The van der Waals surface area contributed by atoms with Crippen LogP contribution in [0.3, 0.4) is 0 Å². The first-order valence-electron chi connectivity index (χ1n) is 12.1. The van der Waals surface area contributed by atoms with Gasteiger partial charge in [0.25, 0.3) is 0 Å². The number of anilines is 2. The van der Waals surface area contributed by atoms with Crippen LogP contribution in [0.15, 0.2) is 18.3 Å². The summed E-state index contributed by atoms with van der Waals surface area (Å²) in [5, 5.41) is 21.7. The minimum atomic E-state index is -0.411. The molecule has 0 spiro atoms. The molecule has 1 atom stereocenters. The first-order valence-corrected chi connectivity index (χ1v) is 12.9. The Balaban J connectivity index is 1.59. The average molecular weight is 519 g/mol. The normalized spacial score (nSPS) is 19.3. The standard InChI is InChI=1S/C27H27FN6O2S/c1-14-21(23-19(28)4-5-20-22(23)15(8-29)25(30)37-20)18-11-36-10-17(18)16-9-31-26(32-24(14)16)34-7-6-27(12-34,13-35)33(2)3/h4-5,9,35H,6-7,10-13,30H2,1-3H3. The molecule has 1 fully saturated rings. The lowest BCUT2D eigenvalue weighted by molar-refractivity contribution is 0.0866. The number of likely N-dealkylation sites (N-methyl/N-ethyl adjacent to an activating group) is 1. The second kappa shape index (κ2) is 8.60. The van der Waals surface area contributed by atoms with Crippen LogP contribution in [0.4, 0.5) is 15.3 Å². The minimum absolute atomic E-state index is 0.0480. The van der Waals surface area contributed by atoms with E-state index in [9.17, 15) is 10.4 Å². The molecule has 37 heavy (non-hydrogen) atoms. The van der Waals surface area contributed by atoms with Crippen LogP contribution >= 0.6 is 11.3 Å². The molecule has 190 valence electrons. The second-order valence-corrected chi connectivity index (χ2v) is 11.2. The fourth-order valence-electron chi connectivity index (χ4n) is 5.81. The molecule has 0 bridgehead atoms. The van der Waals surface area contributed by atoms with Gasteiger partial charge in [-0.2, -0.15) is 5.26 Å². The average Bonchev–Trinajstić information content (AvgIpc) is 3.62. The van der Waals surface area contributed by atoms with Crippen molar-refractivity contribution in [1.29, 1.82) is 5.26 Å². The Kier molecular flexibility index (Phi) is 5.58. The molecule has 10 heteroatoms. The largest absolute Gasteiger partial charge is 0.394 e. The maximum absolute atomic E-state index is 15.6. The summed E-state index contributed by atoms with van der Waals surface area (Å²) in [7, 11) is 3.95. The monoisotopic (exact) mass is 518 g/mol. The number of aliphatic hydroxyl groups is 1. The molecule has 2 aliphatic heterocycles. The number of rotatable bonds is 4. The number of fused-ring (bicyclic) bond motifs is 4. The Hall–Kier alpha value is -3.36. The molecule has 3 N–H and O–H groups in total. The summed E-state index contributed by atoms with van der Waals surface area (Å²) < 4.78 is 22.3. The number of aromatic nitrogens is 2. The van der Waals surface area contributed by atoms with Gasteiger partial charge >= 0.3 is 0 Å². The lowest BCUT2D eigenvalue weighted by Crippen LogP contribution is -2.49. The zero-order chi connectivity index (χ0) is 26.1. The van der Waals surface area contributed by atoms with E-state index in [-0.39, 0.29) is 12.1 Å². The van der Waals surface area contributed by atoms with Crippen molar-refractivity contribution >= 4 is 43.3 Å². The van der Waals surface area contributed by atoms with Crippen LogP contribution < -0.4 is 10.6 Å². The summed E-state index contributed by atoms with van der Waals surface area (Å²) >= 11 is 1.29. The summed E-state index contributed by atoms with van der Waals surface area (Å²) in [6.07, 6.45) is 2.63. The van der Waals surface area contributed by atoms with Crippen LogP contribution in [-0.2, 0) is 18.0 Å². The number of nitriles is 1. The zero-order valence-electron chi connectivity index (χ0n) is 20.9. The summed E-state index contributed by atoms with van der Waals surface area (Å²) in [6.45, 7) is 4.04. The molecule has 2 aromatic heterocycles. The molecule has 0 radical (unpaired) electrons. The van der Waals surface area contributed by atoms with Crippen molar-refractivity contribution in [2.24, 2.45) is 0 Å². The van der Waals surface area contributed by atoms with Crippen LogP contribution in [0.25, 0.3) is 32.1 Å². The third kappa shape index (κ3) is 3.42. The lowest BCUT2D eigenvalue weighted by atomic mass is 9.87. The van der Waals surface area contributed by atoms with Gasteiger partial charge in [-0.05, 0) is 61.8 Å². The van der Waals surface area contributed by atoms with E-state index < -0.39 is 5.82 Å². The number of nitrogens with zero attached hydrogens (tertiary/aromatic N) is 5. The number of ether oxygens (including phenoxy) is 1. The van der Waals surface area contributed by atoms with E-state index in [0.717, 1.165) is 45.3 Å². The maximum Gasteiger partial charge on any atom is 0.225 e. The van der Waals surface area contributed by atoms with E-state index in [1.807, 2.05) is 27.2 Å². The van der Waals surface area contributed by atoms with Crippen LogP contribution in [0.2, 0.25) is 0 Å². The highest BCUT2D eigenvalue weighted by Gasteiger charge is 2.40. The van der Waals surface area contributed by atoms with E-state index in [4.69, 9.17) is 20.4 Å². The number of aliphatic hydroxyl groups excluding tert-OH is 1. The highest BCUT2D eigenvalue weighted by Crippen LogP contribution is 2.46. The van der Waals surface area contributed by atoms with Gasteiger partial charge in [-0.3, -0.25) is 4.90 Å². The van der Waals surface area contributed by atoms with E-state index in [1.54, 1.807) is 6.07 Å². The zero-order valence-corrected chi connectivity index (χ0v) is 21.7. The van der Waals surface area contributed by atoms with Crippen LogP contribution in [0.1, 0.15) is 28.7 Å². The van der Waals surface area contributed by atoms with Crippen molar-refractivity contribution in [3.63, 3.8) is 0 Å². The molecule has 0 aliphatic carbocycles. The minimum Gasteiger partial charge on any atom is -0.394 e. The SMILES string of the molecule is Cc1c(-c2c(F)ccc3sc(N)c(C#N)c23)c2c(c3cnc(N4CCC(CO)(N(C)C)C4)nc13)COC2.